The van der Waals surface area contributed by atoms with Crippen molar-refractivity contribution < 1.29 is 14.0 Å². The number of nitrogens with zero attached hydrogens (tertiary/aromatic N) is 4. The molecule has 0 bridgehead atoms. The molecule has 1 N–H and O–H groups in total. The minimum atomic E-state index is -0.821. The smallest absolute Gasteiger partial charge is 0.321 e. The second-order valence-electron chi connectivity index (χ2n) is 7.51. The van der Waals surface area contributed by atoms with E-state index in [1.165, 1.54) is 18.3 Å². The molecule has 29 heavy (non-hydrogen) atoms. The van der Waals surface area contributed by atoms with Crippen LogP contribution in [0.15, 0.2) is 29.4 Å². The molecule has 1 aliphatic carbocycles. The molecule has 1 spiro atoms. The topological polar surface area (TPSA) is 79.6 Å². The van der Waals surface area contributed by atoms with Gasteiger partial charge < -0.3 is 5.32 Å². The van der Waals surface area contributed by atoms with E-state index in [4.69, 9.17) is 11.6 Å². The molecule has 1 aromatic heterocycles. The molecule has 2 aliphatic rings. The number of carbonyl (C=O) groups is 2. The van der Waals surface area contributed by atoms with Crippen LogP contribution < -0.4 is 5.32 Å². The molecule has 1 aliphatic heterocycles. The van der Waals surface area contributed by atoms with Crippen LogP contribution in [-0.2, 0) is 11.3 Å². The summed E-state index contributed by atoms with van der Waals surface area (Å²) in [4.78, 5) is 25.1. The molecule has 1 aromatic carbocycles. The summed E-state index contributed by atoms with van der Waals surface area (Å²) in [5.41, 5.74) is 1.16. The molecule has 1 saturated carbocycles. The van der Waals surface area contributed by atoms with Crippen molar-refractivity contribution in [3.8, 4) is 0 Å². The van der Waals surface area contributed by atoms with E-state index in [1.54, 1.807) is 23.7 Å². The highest BCUT2D eigenvalue weighted by molar-refractivity contribution is 6.32. The van der Waals surface area contributed by atoms with E-state index in [2.05, 4.69) is 15.5 Å². The van der Waals surface area contributed by atoms with Crippen LogP contribution in [0.2, 0.25) is 5.15 Å². The zero-order valence-electron chi connectivity index (χ0n) is 16.0. The fraction of sp³-hybridized carbons (Fsp3) is 0.400. The van der Waals surface area contributed by atoms with E-state index in [0.717, 1.165) is 29.8 Å². The summed E-state index contributed by atoms with van der Waals surface area (Å²) in [7, 11) is 0. The van der Waals surface area contributed by atoms with E-state index < -0.39 is 11.6 Å². The van der Waals surface area contributed by atoms with Gasteiger partial charge in [-0.1, -0.05) is 43.0 Å². The van der Waals surface area contributed by atoms with Crippen molar-refractivity contribution in [2.45, 2.75) is 51.1 Å². The van der Waals surface area contributed by atoms with Crippen LogP contribution >= 0.6 is 11.6 Å². The number of amides is 3. The third-order valence-corrected chi connectivity index (χ3v) is 5.90. The van der Waals surface area contributed by atoms with Crippen molar-refractivity contribution in [2.24, 2.45) is 5.10 Å². The standard InChI is InChI=1S/C20H21ClFN5O2/c1-13-16(17(21)26(25-13)12-14-5-7-15(22)8-6-14)11-23-27-18(28)20(24-19(27)29)9-3-2-4-10-20/h5-8,11H,2-4,9-10,12H2,1H3,(H,24,29). The lowest BCUT2D eigenvalue weighted by Gasteiger charge is -2.29. The third-order valence-electron chi connectivity index (χ3n) is 5.50. The van der Waals surface area contributed by atoms with Crippen LogP contribution in [0.25, 0.3) is 0 Å². The molecule has 2 aromatic rings. The molecule has 4 rings (SSSR count). The maximum absolute atomic E-state index is 13.1. The zero-order valence-corrected chi connectivity index (χ0v) is 16.7. The van der Waals surface area contributed by atoms with Gasteiger partial charge in [-0.3, -0.25) is 4.79 Å². The molecule has 2 heterocycles. The van der Waals surface area contributed by atoms with Crippen molar-refractivity contribution in [3.63, 3.8) is 0 Å². The lowest BCUT2D eigenvalue weighted by molar-refractivity contribution is -0.132. The van der Waals surface area contributed by atoms with Gasteiger partial charge in [-0.15, -0.1) is 5.01 Å². The number of hydrazone groups is 1. The quantitative estimate of drug-likeness (QED) is 0.609. The Hall–Kier alpha value is -2.74. The van der Waals surface area contributed by atoms with Crippen LogP contribution in [-0.4, -0.2) is 38.5 Å². The Bertz CT molecular complexity index is 980. The summed E-state index contributed by atoms with van der Waals surface area (Å²) < 4.78 is 14.7. The van der Waals surface area contributed by atoms with Gasteiger partial charge in [-0.2, -0.15) is 10.2 Å². The Balaban J connectivity index is 1.54. The maximum Gasteiger partial charge on any atom is 0.346 e. The van der Waals surface area contributed by atoms with Crippen molar-refractivity contribution >= 4 is 29.8 Å². The first-order valence-corrected chi connectivity index (χ1v) is 9.95. The van der Waals surface area contributed by atoms with E-state index in [-0.39, 0.29) is 11.7 Å². The normalized spacial score (nSPS) is 18.8. The number of aromatic nitrogens is 2. The molecule has 0 radical (unpaired) electrons. The molecular formula is C20H21ClFN5O2. The second kappa shape index (κ2) is 7.59. The first-order chi connectivity index (χ1) is 13.9. The predicted molar refractivity (Wildman–Crippen MR) is 106 cm³/mol. The summed E-state index contributed by atoms with van der Waals surface area (Å²) in [6.45, 7) is 2.13. The monoisotopic (exact) mass is 417 g/mol. The first kappa shape index (κ1) is 19.6. The number of hydrogen-bond acceptors (Lipinski definition) is 4. The second-order valence-corrected chi connectivity index (χ2v) is 7.87. The predicted octanol–water partition coefficient (Wildman–Crippen LogP) is 3.62. The highest BCUT2D eigenvalue weighted by atomic mass is 35.5. The zero-order chi connectivity index (χ0) is 20.6. The van der Waals surface area contributed by atoms with Gasteiger partial charge in [0.05, 0.1) is 24.0 Å². The van der Waals surface area contributed by atoms with Gasteiger partial charge in [0.2, 0.25) is 0 Å². The number of carbonyl (C=O) groups excluding carboxylic acids is 2. The summed E-state index contributed by atoms with van der Waals surface area (Å²) in [5, 5.41) is 12.5. The van der Waals surface area contributed by atoms with Crippen LogP contribution in [0, 0.1) is 12.7 Å². The highest BCUT2D eigenvalue weighted by Crippen LogP contribution is 2.33. The number of hydrogen-bond donors (Lipinski definition) is 1. The Morgan fingerprint density at radius 1 is 1.24 bits per heavy atom. The number of urea groups is 1. The molecule has 0 unspecified atom stereocenters. The lowest BCUT2D eigenvalue weighted by Crippen LogP contribution is -2.48. The molecule has 1 saturated heterocycles. The third kappa shape index (κ3) is 3.64. The maximum atomic E-state index is 13.1. The summed E-state index contributed by atoms with van der Waals surface area (Å²) >= 11 is 6.44. The fourth-order valence-electron chi connectivity index (χ4n) is 3.90. The lowest BCUT2D eigenvalue weighted by atomic mass is 9.82. The van der Waals surface area contributed by atoms with Gasteiger partial charge in [0.1, 0.15) is 16.5 Å². The van der Waals surface area contributed by atoms with Crippen molar-refractivity contribution in [3.05, 3.63) is 52.1 Å². The molecule has 152 valence electrons. The van der Waals surface area contributed by atoms with Crippen molar-refractivity contribution in [1.29, 1.82) is 0 Å². The molecule has 7 nitrogen and oxygen atoms in total. The highest BCUT2D eigenvalue weighted by Gasteiger charge is 2.51. The number of aryl methyl sites for hydroxylation is 1. The number of benzene rings is 1. The largest absolute Gasteiger partial charge is 0.346 e. The fourth-order valence-corrected chi connectivity index (χ4v) is 4.19. The van der Waals surface area contributed by atoms with E-state index in [9.17, 15) is 14.0 Å². The van der Waals surface area contributed by atoms with Crippen LogP contribution in [0.5, 0.6) is 0 Å². The van der Waals surface area contributed by atoms with Gasteiger partial charge in [0.25, 0.3) is 5.91 Å². The number of halogens is 2. The Morgan fingerprint density at radius 3 is 2.62 bits per heavy atom. The van der Waals surface area contributed by atoms with E-state index in [1.807, 2.05) is 0 Å². The molecule has 9 heteroatoms. The molecule has 2 fully saturated rings. The van der Waals surface area contributed by atoms with Gasteiger partial charge in [-0.05, 0) is 37.5 Å². The first-order valence-electron chi connectivity index (χ1n) is 9.58. The Morgan fingerprint density at radius 2 is 1.93 bits per heavy atom. The number of nitrogens with one attached hydrogen (secondary N) is 1. The van der Waals surface area contributed by atoms with Gasteiger partial charge in [-0.25, -0.2) is 13.9 Å². The van der Waals surface area contributed by atoms with Crippen molar-refractivity contribution in [1.82, 2.24) is 20.1 Å². The van der Waals surface area contributed by atoms with Crippen molar-refractivity contribution in [2.75, 3.05) is 0 Å². The summed E-state index contributed by atoms with van der Waals surface area (Å²) in [6.07, 6.45) is 5.55. The summed E-state index contributed by atoms with van der Waals surface area (Å²) in [5.74, 6) is -0.625. The Kier molecular flexibility index (Phi) is 5.12. The van der Waals surface area contributed by atoms with Crippen LogP contribution in [0.4, 0.5) is 9.18 Å². The van der Waals surface area contributed by atoms with Crippen LogP contribution in [0.1, 0.15) is 48.9 Å². The van der Waals surface area contributed by atoms with Gasteiger partial charge in [0.15, 0.2) is 0 Å². The van der Waals surface area contributed by atoms with E-state index >= 15 is 0 Å². The SMILES string of the molecule is Cc1nn(Cc2ccc(F)cc2)c(Cl)c1C=NN1C(=O)NC2(CCCCC2)C1=O. The average molecular weight is 418 g/mol. The molecule has 3 amide bonds. The summed E-state index contributed by atoms with van der Waals surface area (Å²) in [6, 6.07) is 5.56. The number of rotatable bonds is 4. The molecular weight excluding hydrogens is 397 g/mol. The van der Waals surface area contributed by atoms with E-state index in [0.29, 0.717) is 35.8 Å². The van der Waals surface area contributed by atoms with Gasteiger partial charge >= 0.3 is 6.03 Å². The van der Waals surface area contributed by atoms with Crippen LogP contribution in [0.3, 0.4) is 0 Å². The minimum Gasteiger partial charge on any atom is -0.321 e. The minimum absolute atomic E-state index is 0.311. The average Bonchev–Trinajstić information content (AvgIpc) is 3.09. The van der Waals surface area contributed by atoms with Gasteiger partial charge in [0, 0.05) is 0 Å². The number of imide groups is 1. The molecule has 0 atom stereocenters. The Labute approximate surface area is 172 Å².